The van der Waals surface area contributed by atoms with Crippen molar-refractivity contribution in [3.05, 3.63) is 75.7 Å². The Morgan fingerprint density at radius 3 is 2.67 bits per heavy atom. The van der Waals surface area contributed by atoms with E-state index in [2.05, 4.69) is 44.7 Å². The fraction of sp³-hybridized carbons (Fsp3) is 0.286. The average Bonchev–Trinajstić information content (AvgIpc) is 2.71. The number of amides is 1. The summed E-state index contributed by atoms with van der Waals surface area (Å²) in [4.78, 5) is 26.7. The first-order chi connectivity index (χ1) is 13.2. The molecule has 2 aromatic carbocycles. The molecule has 0 bridgehead atoms. The molecule has 0 atom stereocenters. The number of fused-ring (bicyclic) bond motifs is 2. The van der Waals surface area contributed by atoms with Gasteiger partial charge in [-0.1, -0.05) is 42.5 Å². The summed E-state index contributed by atoms with van der Waals surface area (Å²) in [6.07, 6.45) is 1.95. The van der Waals surface area contributed by atoms with E-state index in [0.29, 0.717) is 17.3 Å². The van der Waals surface area contributed by atoms with Crippen LogP contribution in [0, 0.1) is 0 Å². The van der Waals surface area contributed by atoms with Gasteiger partial charge in [-0.15, -0.1) is 0 Å². The van der Waals surface area contributed by atoms with Gasteiger partial charge >= 0.3 is 0 Å². The highest BCUT2D eigenvalue weighted by atomic mass is 16.2. The topological polar surface area (TPSA) is 78.1 Å². The Kier molecular flexibility index (Phi) is 4.98. The summed E-state index contributed by atoms with van der Waals surface area (Å²) in [6, 6.07) is 15.6. The molecular formula is C21H22N4O2. The Hall–Kier alpha value is -2.99. The number of carbonyl (C=O) groups excluding carboxylic acids is 1. The molecule has 0 saturated heterocycles. The number of nitrogens with one attached hydrogen (secondary N) is 2. The van der Waals surface area contributed by atoms with E-state index in [1.54, 1.807) is 24.3 Å². The van der Waals surface area contributed by atoms with E-state index in [9.17, 15) is 9.59 Å². The summed E-state index contributed by atoms with van der Waals surface area (Å²) in [5.74, 6) is -0.258. The van der Waals surface area contributed by atoms with E-state index in [1.807, 2.05) is 0 Å². The molecule has 6 heteroatoms. The molecule has 1 aliphatic rings. The average molecular weight is 362 g/mol. The molecule has 27 heavy (non-hydrogen) atoms. The molecule has 3 aromatic rings. The molecule has 0 aliphatic carbocycles. The van der Waals surface area contributed by atoms with Crippen molar-refractivity contribution in [1.29, 1.82) is 0 Å². The summed E-state index contributed by atoms with van der Waals surface area (Å²) in [5, 5.41) is 10.3. The molecule has 0 fully saturated rings. The Morgan fingerprint density at radius 1 is 1.07 bits per heavy atom. The molecule has 0 radical (unpaired) electrons. The van der Waals surface area contributed by atoms with Gasteiger partial charge in [0.05, 0.1) is 5.39 Å². The van der Waals surface area contributed by atoms with Gasteiger partial charge in [0.1, 0.15) is 0 Å². The van der Waals surface area contributed by atoms with Crippen molar-refractivity contribution in [2.75, 3.05) is 19.6 Å². The van der Waals surface area contributed by atoms with Crippen molar-refractivity contribution >= 4 is 16.7 Å². The minimum Gasteiger partial charge on any atom is -0.351 e. The zero-order valence-corrected chi connectivity index (χ0v) is 15.1. The van der Waals surface area contributed by atoms with Gasteiger partial charge in [0, 0.05) is 31.6 Å². The summed E-state index contributed by atoms with van der Waals surface area (Å²) in [6.45, 7) is 3.54. The van der Waals surface area contributed by atoms with Crippen LogP contribution in [0.25, 0.3) is 10.8 Å². The van der Waals surface area contributed by atoms with E-state index in [0.717, 1.165) is 32.5 Å². The molecule has 1 aliphatic heterocycles. The van der Waals surface area contributed by atoms with Gasteiger partial charge in [-0.05, 0) is 30.0 Å². The highest BCUT2D eigenvalue weighted by Gasteiger charge is 2.16. The second-order valence-electron chi connectivity index (χ2n) is 6.85. The van der Waals surface area contributed by atoms with Crippen LogP contribution in [0.1, 0.15) is 28.0 Å². The smallest absolute Gasteiger partial charge is 0.272 e. The van der Waals surface area contributed by atoms with Gasteiger partial charge in [0.15, 0.2) is 5.69 Å². The number of carbonyl (C=O) groups is 1. The van der Waals surface area contributed by atoms with Gasteiger partial charge in [-0.25, -0.2) is 5.10 Å². The normalized spacial score (nSPS) is 14.1. The second-order valence-corrected chi connectivity index (χ2v) is 6.85. The number of rotatable bonds is 5. The van der Waals surface area contributed by atoms with Gasteiger partial charge < -0.3 is 5.32 Å². The number of benzene rings is 2. The number of aromatic amines is 1. The Labute approximate surface area is 157 Å². The van der Waals surface area contributed by atoms with Crippen LogP contribution >= 0.6 is 0 Å². The minimum atomic E-state index is -0.285. The third kappa shape index (κ3) is 3.75. The number of nitrogens with zero attached hydrogens (tertiary/aromatic N) is 2. The first-order valence-electron chi connectivity index (χ1n) is 9.27. The molecular weight excluding hydrogens is 340 g/mol. The highest BCUT2D eigenvalue weighted by molar-refractivity contribution is 6.04. The number of hydrogen-bond acceptors (Lipinski definition) is 4. The van der Waals surface area contributed by atoms with E-state index in [-0.39, 0.29) is 17.2 Å². The van der Waals surface area contributed by atoms with E-state index in [4.69, 9.17) is 0 Å². The van der Waals surface area contributed by atoms with Crippen molar-refractivity contribution in [3.8, 4) is 0 Å². The molecule has 1 amide bonds. The predicted molar refractivity (Wildman–Crippen MR) is 105 cm³/mol. The first kappa shape index (κ1) is 17.4. The fourth-order valence-corrected chi connectivity index (χ4v) is 3.62. The third-order valence-electron chi connectivity index (χ3n) is 5.06. The standard InChI is InChI=1S/C21H22N4O2/c26-20-18-9-4-3-8-17(18)19(23-24-20)21(27)22-11-5-12-25-13-10-15-6-1-2-7-16(15)14-25/h1-4,6-9H,5,10-14H2,(H,22,27)(H,24,26). The zero-order chi connectivity index (χ0) is 18.6. The van der Waals surface area contributed by atoms with Crippen molar-refractivity contribution < 1.29 is 4.79 Å². The molecule has 0 spiro atoms. The van der Waals surface area contributed by atoms with Crippen molar-refractivity contribution in [1.82, 2.24) is 20.4 Å². The largest absolute Gasteiger partial charge is 0.351 e. The van der Waals surface area contributed by atoms with Crippen molar-refractivity contribution in [2.24, 2.45) is 0 Å². The van der Waals surface area contributed by atoms with Crippen LogP contribution < -0.4 is 10.9 Å². The van der Waals surface area contributed by atoms with Crippen LogP contribution in [0.2, 0.25) is 0 Å². The zero-order valence-electron chi connectivity index (χ0n) is 15.1. The summed E-state index contributed by atoms with van der Waals surface area (Å²) < 4.78 is 0. The van der Waals surface area contributed by atoms with Crippen LogP contribution in [0.4, 0.5) is 0 Å². The molecule has 6 nitrogen and oxygen atoms in total. The predicted octanol–water partition coefficient (Wildman–Crippen LogP) is 2.10. The van der Waals surface area contributed by atoms with Crippen molar-refractivity contribution in [2.45, 2.75) is 19.4 Å². The molecule has 1 aromatic heterocycles. The van der Waals surface area contributed by atoms with Gasteiger partial charge in [-0.3, -0.25) is 14.5 Å². The van der Waals surface area contributed by atoms with E-state index >= 15 is 0 Å². The molecule has 2 heterocycles. The number of H-pyrrole nitrogens is 1. The highest BCUT2D eigenvalue weighted by Crippen LogP contribution is 2.18. The lowest BCUT2D eigenvalue weighted by Crippen LogP contribution is -2.34. The number of aromatic nitrogens is 2. The summed E-state index contributed by atoms with van der Waals surface area (Å²) >= 11 is 0. The molecule has 0 saturated carbocycles. The lowest BCUT2D eigenvalue weighted by Gasteiger charge is -2.28. The summed E-state index contributed by atoms with van der Waals surface area (Å²) in [7, 11) is 0. The first-order valence-corrected chi connectivity index (χ1v) is 9.27. The van der Waals surface area contributed by atoms with Gasteiger partial charge in [0.2, 0.25) is 0 Å². The molecule has 0 unspecified atom stereocenters. The molecule has 4 rings (SSSR count). The lowest BCUT2D eigenvalue weighted by atomic mass is 10.00. The Bertz CT molecular complexity index is 1030. The van der Waals surface area contributed by atoms with Crippen LogP contribution in [0.3, 0.4) is 0 Å². The lowest BCUT2D eigenvalue weighted by molar-refractivity contribution is 0.0947. The maximum absolute atomic E-state index is 12.5. The van der Waals surface area contributed by atoms with Gasteiger partial charge in [-0.2, -0.15) is 5.10 Å². The van der Waals surface area contributed by atoms with Crippen LogP contribution in [-0.2, 0) is 13.0 Å². The van der Waals surface area contributed by atoms with Crippen LogP contribution in [0.15, 0.2) is 53.3 Å². The van der Waals surface area contributed by atoms with Crippen LogP contribution in [-0.4, -0.2) is 40.6 Å². The molecule has 138 valence electrons. The van der Waals surface area contributed by atoms with E-state index < -0.39 is 0 Å². The fourth-order valence-electron chi connectivity index (χ4n) is 3.62. The Morgan fingerprint density at radius 2 is 1.81 bits per heavy atom. The summed E-state index contributed by atoms with van der Waals surface area (Å²) in [5.41, 5.74) is 2.82. The Balaban J connectivity index is 1.32. The third-order valence-corrected chi connectivity index (χ3v) is 5.06. The minimum absolute atomic E-state index is 0.258. The van der Waals surface area contributed by atoms with Gasteiger partial charge in [0.25, 0.3) is 11.5 Å². The number of hydrogen-bond donors (Lipinski definition) is 2. The van der Waals surface area contributed by atoms with E-state index in [1.165, 1.54) is 11.1 Å². The SMILES string of the molecule is O=C(NCCCN1CCc2ccccc2C1)c1n[nH]c(=O)c2ccccc12. The van der Waals surface area contributed by atoms with Crippen molar-refractivity contribution in [3.63, 3.8) is 0 Å². The van der Waals surface area contributed by atoms with Crippen LogP contribution in [0.5, 0.6) is 0 Å². The molecule has 2 N–H and O–H groups in total. The second kappa shape index (κ2) is 7.72. The maximum Gasteiger partial charge on any atom is 0.272 e. The monoisotopic (exact) mass is 362 g/mol. The maximum atomic E-state index is 12.5. The quantitative estimate of drug-likeness (QED) is 0.682.